The van der Waals surface area contributed by atoms with Crippen LogP contribution in [0.15, 0.2) is 30.3 Å². The summed E-state index contributed by atoms with van der Waals surface area (Å²) in [4.78, 5) is 11.2. The molecule has 2 nitrogen and oxygen atoms in total. The van der Waals surface area contributed by atoms with E-state index >= 15 is 0 Å². The number of alkyl halides is 9. The summed E-state index contributed by atoms with van der Waals surface area (Å²) in [5.41, 5.74) is -5.68. The van der Waals surface area contributed by atoms with E-state index in [1.807, 2.05) is 0 Å². The highest BCUT2D eigenvalue weighted by Crippen LogP contribution is 2.59. The third-order valence-corrected chi connectivity index (χ3v) is 4.75. The van der Waals surface area contributed by atoms with Crippen LogP contribution in [0.2, 0.25) is 10.0 Å². The van der Waals surface area contributed by atoms with Gasteiger partial charge >= 0.3 is 23.9 Å². The van der Waals surface area contributed by atoms with Crippen molar-refractivity contribution in [3.8, 4) is 11.1 Å². The first-order chi connectivity index (χ1) is 13.9. The van der Waals surface area contributed by atoms with E-state index in [1.54, 1.807) is 0 Å². The monoisotopic (exact) mass is 501 g/mol. The van der Waals surface area contributed by atoms with Crippen molar-refractivity contribution in [3.63, 3.8) is 0 Å². The summed E-state index contributed by atoms with van der Waals surface area (Å²) < 4.78 is 134. The Kier molecular flexibility index (Phi) is 6.25. The first kappa shape index (κ1) is 25.1. The first-order valence-electron chi connectivity index (χ1n) is 7.66. The highest BCUT2D eigenvalue weighted by atomic mass is 35.5. The smallest absolute Gasteiger partial charge is 0.366 e. The average molecular weight is 502 g/mol. The average Bonchev–Trinajstić information content (AvgIpc) is 2.59. The number of carbonyl (C=O) groups excluding carboxylic acids is 1. The van der Waals surface area contributed by atoms with Crippen LogP contribution in [0.1, 0.15) is 15.9 Å². The van der Waals surface area contributed by atoms with Gasteiger partial charge in [0.2, 0.25) is 0 Å². The zero-order valence-corrected chi connectivity index (χ0v) is 15.9. The van der Waals surface area contributed by atoms with Crippen LogP contribution in [0.5, 0.6) is 0 Å². The van der Waals surface area contributed by atoms with Gasteiger partial charge in [-0.15, -0.1) is 0 Å². The number of primary amides is 1. The normalized spacial score (nSPS) is 15.0. The van der Waals surface area contributed by atoms with Gasteiger partial charge in [-0.3, -0.25) is 4.79 Å². The molecule has 1 atom stereocenters. The molecule has 170 valence electrons. The number of carbonyl (C=O) groups is 1. The van der Waals surface area contributed by atoms with E-state index in [0.29, 0.717) is 0 Å². The summed E-state index contributed by atoms with van der Waals surface area (Å²) in [7, 11) is 0. The minimum Gasteiger partial charge on any atom is -0.366 e. The molecule has 0 bridgehead atoms. The lowest BCUT2D eigenvalue weighted by molar-refractivity contribution is -0.389. The number of benzene rings is 2. The molecular weight excluding hydrogens is 495 g/mol. The second-order valence-corrected chi connectivity index (χ2v) is 6.89. The Balaban J connectivity index is 2.84. The molecular formula is C17H7Cl2F10NO. The molecule has 1 amide bonds. The fourth-order valence-electron chi connectivity index (χ4n) is 2.66. The molecule has 2 aromatic carbocycles. The van der Waals surface area contributed by atoms with Gasteiger partial charge < -0.3 is 5.73 Å². The van der Waals surface area contributed by atoms with Gasteiger partial charge in [-0.1, -0.05) is 35.3 Å². The topological polar surface area (TPSA) is 43.1 Å². The molecule has 0 saturated heterocycles. The van der Waals surface area contributed by atoms with Gasteiger partial charge in [-0.05, 0) is 18.2 Å². The molecule has 14 heteroatoms. The third kappa shape index (κ3) is 3.91. The van der Waals surface area contributed by atoms with E-state index in [0.717, 1.165) is 18.2 Å². The Bertz CT molecular complexity index is 1010. The van der Waals surface area contributed by atoms with Gasteiger partial charge in [0.25, 0.3) is 5.91 Å². The van der Waals surface area contributed by atoms with Crippen LogP contribution in [0.3, 0.4) is 0 Å². The fourth-order valence-corrected chi connectivity index (χ4v) is 3.35. The van der Waals surface area contributed by atoms with Crippen LogP contribution in [0.25, 0.3) is 11.1 Å². The van der Waals surface area contributed by atoms with Gasteiger partial charge in [0.15, 0.2) is 0 Å². The molecule has 0 aromatic heterocycles. The van der Waals surface area contributed by atoms with Crippen LogP contribution in [0.4, 0.5) is 43.9 Å². The lowest BCUT2D eigenvalue weighted by Crippen LogP contribution is -2.59. The summed E-state index contributed by atoms with van der Waals surface area (Å²) in [5, 5.41) is -2.21. The van der Waals surface area contributed by atoms with Crippen LogP contribution < -0.4 is 5.73 Å². The maximum atomic E-state index is 14.6. The first-order valence-corrected chi connectivity index (χ1v) is 8.42. The highest BCUT2D eigenvalue weighted by molar-refractivity contribution is 6.39. The van der Waals surface area contributed by atoms with Crippen molar-refractivity contribution in [2.45, 2.75) is 23.9 Å². The second kappa shape index (κ2) is 7.73. The number of rotatable bonds is 4. The summed E-state index contributed by atoms with van der Waals surface area (Å²) in [6, 6.07) is 2.49. The Labute approximate surface area is 176 Å². The zero-order chi connectivity index (χ0) is 24.2. The SMILES string of the molecule is NC(=O)c1cccc(-c2c(Cl)cc(C(F)(C(F)(F)F)C(F)(F)C(F)(F)F)cc2Cl)c1F. The Morgan fingerprint density at radius 2 is 1.32 bits per heavy atom. The zero-order valence-electron chi connectivity index (χ0n) is 14.4. The standard InChI is InChI=1S/C17H7Cl2F10NO/c18-9-4-6(14(21,16(24,25)26)15(22,23)17(27,28)29)5-10(19)11(9)7-2-1-3-8(12(7)20)13(30)31/h1-5H,(H2,30,31). The minimum atomic E-state index is -6.95. The predicted molar refractivity (Wildman–Crippen MR) is 90.2 cm³/mol. The maximum absolute atomic E-state index is 14.6. The molecule has 1 unspecified atom stereocenters. The van der Waals surface area contributed by atoms with Crippen molar-refractivity contribution in [1.29, 1.82) is 0 Å². The summed E-state index contributed by atoms with van der Waals surface area (Å²) >= 11 is 11.3. The molecule has 0 aliphatic carbocycles. The summed E-state index contributed by atoms with van der Waals surface area (Å²) in [6.45, 7) is 0. The van der Waals surface area contributed by atoms with Crippen molar-refractivity contribution in [2.24, 2.45) is 5.73 Å². The number of amides is 1. The second-order valence-electron chi connectivity index (χ2n) is 6.07. The molecule has 0 aliphatic heterocycles. The van der Waals surface area contributed by atoms with Crippen LogP contribution in [0, 0.1) is 5.82 Å². The van der Waals surface area contributed by atoms with Gasteiger partial charge in [-0.2, -0.15) is 35.1 Å². The predicted octanol–water partition coefficient (Wildman–Crippen LogP) is 6.82. The Morgan fingerprint density at radius 1 is 0.839 bits per heavy atom. The summed E-state index contributed by atoms with van der Waals surface area (Å²) in [5.74, 6) is -9.58. The molecule has 2 rings (SSSR count). The van der Waals surface area contributed by atoms with Crippen molar-refractivity contribution in [1.82, 2.24) is 0 Å². The van der Waals surface area contributed by atoms with Crippen LogP contribution >= 0.6 is 23.2 Å². The number of nitrogens with two attached hydrogens (primary N) is 1. The van der Waals surface area contributed by atoms with Crippen LogP contribution in [-0.2, 0) is 5.67 Å². The van der Waals surface area contributed by atoms with E-state index in [-0.39, 0.29) is 12.1 Å². The molecule has 0 spiro atoms. The largest absolute Gasteiger partial charge is 0.457 e. The fraction of sp³-hybridized carbons (Fsp3) is 0.235. The van der Waals surface area contributed by atoms with Gasteiger partial charge in [-0.25, -0.2) is 8.78 Å². The number of hydrogen-bond donors (Lipinski definition) is 1. The lowest BCUT2D eigenvalue weighted by Gasteiger charge is -2.36. The molecule has 0 radical (unpaired) electrons. The molecule has 2 aromatic rings. The van der Waals surface area contributed by atoms with Crippen molar-refractivity contribution in [3.05, 3.63) is 57.3 Å². The minimum absolute atomic E-state index is 0.188. The summed E-state index contributed by atoms with van der Waals surface area (Å²) in [6.07, 6.45) is -13.7. The molecule has 0 aliphatic rings. The Morgan fingerprint density at radius 3 is 1.71 bits per heavy atom. The molecule has 0 fully saturated rings. The highest BCUT2D eigenvalue weighted by Gasteiger charge is 2.81. The quantitative estimate of drug-likeness (QED) is 0.459. The third-order valence-electron chi connectivity index (χ3n) is 4.15. The van der Waals surface area contributed by atoms with E-state index in [2.05, 4.69) is 0 Å². The number of halogens is 12. The van der Waals surface area contributed by atoms with E-state index in [9.17, 15) is 48.7 Å². The maximum Gasteiger partial charge on any atom is 0.457 e. The van der Waals surface area contributed by atoms with Gasteiger partial charge in [0.1, 0.15) is 5.82 Å². The molecule has 0 heterocycles. The van der Waals surface area contributed by atoms with Gasteiger partial charge in [0.05, 0.1) is 15.6 Å². The van der Waals surface area contributed by atoms with Crippen LogP contribution in [-0.4, -0.2) is 24.2 Å². The van der Waals surface area contributed by atoms with Gasteiger partial charge in [0, 0.05) is 16.7 Å². The molecule has 0 saturated carbocycles. The molecule has 2 N–H and O–H groups in total. The number of hydrogen-bond acceptors (Lipinski definition) is 1. The van der Waals surface area contributed by atoms with E-state index in [1.165, 1.54) is 0 Å². The van der Waals surface area contributed by atoms with Crippen molar-refractivity contribution >= 4 is 29.1 Å². The Hall–Kier alpha value is -2.21. The van der Waals surface area contributed by atoms with E-state index in [4.69, 9.17) is 28.9 Å². The van der Waals surface area contributed by atoms with E-state index < -0.39 is 68.0 Å². The molecule has 31 heavy (non-hydrogen) atoms. The lowest BCUT2D eigenvalue weighted by atomic mass is 9.86. The van der Waals surface area contributed by atoms with Crippen molar-refractivity contribution < 1.29 is 48.7 Å². The van der Waals surface area contributed by atoms with Crippen molar-refractivity contribution in [2.75, 3.05) is 0 Å².